The van der Waals surface area contributed by atoms with Crippen molar-refractivity contribution in [2.45, 2.75) is 38.3 Å². The van der Waals surface area contributed by atoms with Gasteiger partial charge in [0.1, 0.15) is 17.8 Å². The third kappa shape index (κ3) is 4.86. The average Bonchev–Trinajstić information content (AvgIpc) is 3.09. The van der Waals surface area contributed by atoms with E-state index in [0.717, 1.165) is 25.8 Å². The van der Waals surface area contributed by atoms with Crippen LogP contribution in [0.25, 0.3) is 0 Å². The second kappa shape index (κ2) is 10.1. The molecule has 5 unspecified atom stereocenters. The SMILES string of the molecule is CC(=O)[O-].COC1=CC2C3C4=C(C=CC3[NH+](C)C2C=C1)C=CN(CCN1CCCCC1)C4. The van der Waals surface area contributed by atoms with Gasteiger partial charge in [-0.3, -0.25) is 0 Å². The summed E-state index contributed by atoms with van der Waals surface area (Å²) in [5, 5.41) is 8.89. The number of carboxylic acid groups (broad SMARTS) is 1. The molecule has 0 spiro atoms. The van der Waals surface area contributed by atoms with Crippen LogP contribution in [-0.4, -0.2) is 74.7 Å². The van der Waals surface area contributed by atoms with Gasteiger partial charge in [-0.2, -0.15) is 0 Å². The number of carboxylic acids is 1. The van der Waals surface area contributed by atoms with Crippen LogP contribution in [-0.2, 0) is 9.53 Å². The number of hydrogen-bond acceptors (Lipinski definition) is 5. The normalized spacial score (nSPS) is 33.0. The predicted octanol–water partition coefficient (Wildman–Crippen LogP) is 0.522. The van der Waals surface area contributed by atoms with E-state index in [0.29, 0.717) is 23.9 Å². The van der Waals surface area contributed by atoms with Gasteiger partial charge in [0.2, 0.25) is 0 Å². The summed E-state index contributed by atoms with van der Waals surface area (Å²) in [6, 6.07) is 1.12. The zero-order valence-corrected chi connectivity index (χ0v) is 19.6. The molecule has 2 aliphatic carbocycles. The Morgan fingerprint density at radius 3 is 2.56 bits per heavy atom. The van der Waals surface area contributed by atoms with E-state index in [-0.39, 0.29) is 0 Å². The van der Waals surface area contributed by atoms with E-state index in [2.05, 4.69) is 59.5 Å². The Bertz CT molecular complexity index is 846. The molecule has 5 atom stereocenters. The quantitative estimate of drug-likeness (QED) is 0.692. The lowest BCUT2D eigenvalue weighted by molar-refractivity contribution is -0.906. The van der Waals surface area contributed by atoms with Crippen molar-refractivity contribution in [3.05, 3.63) is 59.6 Å². The molecule has 3 aliphatic heterocycles. The van der Waals surface area contributed by atoms with Crippen LogP contribution in [0.2, 0.25) is 0 Å². The monoisotopic (exact) mass is 439 g/mol. The van der Waals surface area contributed by atoms with Crippen LogP contribution in [0.15, 0.2) is 59.6 Å². The molecule has 0 bridgehead atoms. The van der Waals surface area contributed by atoms with Gasteiger partial charge in [0, 0.05) is 31.5 Å². The van der Waals surface area contributed by atoms with Crippen LogP contribution in [0.5, 0.6) is 0 Å². The van der Waals surface area contributed by atoms with E-state index in [1.54, 1.807) is 17.6 Å². The lowest BCUT2D eigenvalue weighted by atomic mass is 9.75. The number of carbonyl (C=O) groups is 1. The van der Waals surface area contributed by atoms with Gasteiger partial charge in [-0.25, -0.2) is 0 Å². The van der Waals surface area contributed by atoms with Crippen LogP contribution in [0.1, 0.15) is 26.2 Å². The average molecular weight is 440 g/mol. The largest absolute Gasteiger partial charge is 0.550 e. The second-order valence-electron chi connectivity index (χ2n) is 9.55. The summed E-state index contributed by atoms with van der Waals surface area (Å²) in [5.41, 5.74) is 3.09. The highest BCUT2D eigenvalue weighted by atomic mass is 16.5. The first-order chi connectivity index (χ1) is 15.5. The Morgan fingerprint density at radius 2 is 1.84 bits per heavy atom. The number of quaternary nitrogens is 1. The van der Waals surface area contributed by atoms with E-state index < -0.39 is 5.97 Å². The molecule has 0 aromatic carbocycles. The standard InChI is InChI=1S/C24H33N3O.C2H4O2/c1-25-22-9-7-19(28-2)16-20(22)24-21-17-27(13-10-18(21)6-8-23(24)25)15-14-26-11-4-3-5-12-26;1-2(3)4/h6-10,13,16,20,22-24H,3-5,11-12,14-15,17H2,1-2H3;1H3,(H,3,4). The van der Waals surface area contributed by atoms with Gasteiger partial charge in [-0.15, -0.1) is 0 Å². The molecule has 0 amide bonds. The van der Waals surface area contributed by atoms with Gasteiger partial charge in [-0.1, -0.05) is 12.5 Å². The first kappa shape index (κ1) is 22.9. The van der Waals surface area contributed by atoms with Gasteiger partial charge in [0.25, 0.3) is 0 Å². The number of likely N-dealkylation sites (N-methyl/N-ethyl adjacent to an activating group) is 1. The number of rotatable bonds is 4. The predicted molar refractivity (Wildman–Crippen MR) is 124 cm³/mol. The van der Waals surface area contributed by atoms with Gasteiger partial charge in [0.05, 0.1) is 20.1 Å². The number of hydrogen-bond donors (Lipinski definition) is 1. The summed E-state index contributed by atoms with van der Waals surface area (Å²) in [4.78, 5) is 15.7. The van der Waals surface area contributed by atoms with Crippen LogP contribution >= 0.6 is 0 Å². The van der Waals surface area contributed by atoms with Crippen molar-refractivity contribution >= 4 is 5.97 Å². The highest BCUT2D eigenvalue weighted by molar-refractivity contribution is 5.60. The summed E-state index contributed by atoms with van der Waals surface area (Å²) in [6.45, 7) is 6.97. The molecule has 0 aromatic heterocycles. The highest BCUT2D eigenvalue weighted by Gasteiger charge is 2.52. The van der Waals surface area contributed by atoms with E-state index >= 15 is 0 Å². The summed E-state index contributed by atoms with van der Waals surface area (Å²) >= 11 is 0. The molecule has 5 aliphatic rings. The van der Waals surface area contributed by atoms with Crippen LogP contribution in [0.3, 0.4) is 0 Å². The molecule has 2 fully saturated rings. The van der Waals surface area contributed by atoms with E-state index in [1.807, 2.05) is 0 Å². The fourth-order valence-corrected chi connectivity index (χ4v) is 5.99. The molecule has 3 heterocycles. The minimum Gasteiger partial charge on any atom is -0.550 e. The number of nitrogens with zero attached hydrogens (tertiary/aromatic N) is 2. The van der Waals surface area contributed by atoms with Crippen molar-refractivity contribution in [1.82, 2.24) is 9.80 Å². The van der Waals surface area contributed by atoms with Crippen molar-refractivity contribution in [2.75, 3.05) is 46.9 Å². The van der Waals surface area contributed by atoms with Gasteiger partial charge in [0.15, 0.2) is 0 Å². The number of piperidine rings is 1. The Hall–Kier alpha value is -2.31. The van der Waals surface area contributed by atoms with Gasteiger partial charge in [-0.05, 0) is 80.6 Å². The fraction of sp³-hybridized carbons (Fsp3) is 0.577. The summed E-state index contributed by atoms with van der Waals surface area (Å²) in [6.07, 6.45) is 20.6. The minimum absolute atomic E-state index is 0.537. The Labute approximate surface area is 192 Å². The van der Waals surface area contributed by atoms with Crippen LogP contribution < -0.4 is 10.0 Å². The molecule has 6 nitrogen and oxygen atoms in total. The van der Waals surface area contributed by atoms with Crippen molar-refractivity contribution in [1.29, 1.82) is 0 Å². The summed E-state index contributed by atoms with van der Waals surface area (Å²) < 4.78 is 5.58. The molecular weight excluding hydrogens is 402 g/mol. The summed E-state index contributed by atoms with van der Waals surface area (Å²) in [7, 11) is 4.15. The van der Waals surface area contributed by atoms with Crippen LogP contribution in [0, 0.1) is 11.8 Å². The zero-order chi connectivity index (χ0) is 22.7. The zero-order valence-electron chi connectivity index (χ0n) is 19.6. The number of aliphatic carboxylic acids is 1. The molecule has 6 heteroatoms. The van der Waals surface area contributed by atoms with Crippen molar-refractivity contribution in [3.63, 3.8) is 0 Å². The van der Waals surface area contributed by atoms with Crippen molar-refractivity contribution in [2.24, 2.45) is 11.8 Å². The molecule has 1 N–H and O–H groups in total. The fourth-order valence-electron chi connectivity index (χ4n) is 5.99. The minimum atomic E-state index is -1.08. The molecule has 0 aromatic rings. The van der Waals surface area contributed by atoms with Crippen LogP contribution in [0.4, 0.5) is 0 Å². The first-order valence-electron chi connectivity index (χ1n) is 12.0. The smallest absolute Gasteiger partial charge is 0.115 e. The number of ether oxygens (including phenoxy) is 1. The van der Waals surface area contributed by atoms with Gasteiger partial charge < -0.3 is 29.3 Å². The molecular formula is C26H37N3O3. The molecule has 0 saturated carbocycles. The number of methoxy groups -OCH3 is 1. The lowest BCUT2D eigenvalue weighted by Crippen LogP contribution is -3.14. The van der Waals surface area contributed by atoms with E-state index in [4.69, 9.17) is 14.6 Å². The Kier molecular flexibility index (Phi) is 7.21. The lowest BCUT2D eigenvalue weighted by Gasteiger charge is -2.36. The Balaban J connectivity index is 0.000000567. The van der Waals surface area contributed by atoms with Crippen molar-refractivity contribution in [3.8, 4) is 0 Å². The van der Waals surface area contributed by atoms with Gasteiger partial charge >= 0.3 is 0 Å². The number of allylic oxidation sites excluding steroid dienone is 4. The summed E-state index contributed by atoms with van der Waals surface area (Å²) in [5.74, 6) is 1.07. The van der Waals surface area contributed by atoms with E-state index in [1.165, 1.54) is 44.5 Å². The maximum absolute atomic E-state index is 8.89. The molecule has 2 saturated heterocycles. The van der Waals surface area contributed by atoms with E-state index in [9.17, 15) is 0 Å². The highest BCUT2D eigenvalue weighted by Crippen LogP contribution is 2.40. The number of likely N-dealkylation sites (tertiary alicyclic amines) is 2. The second-order valence-corrected chi connectivity index (χ2v) is 9.55. The molecule has 0 radical (unpaired) electrons. The molecule has 5 rings (SSSR count). The molecule has 174 valence electrons. The number of nitrogens with one attached hydrogen (secondary N) is 1. The topological polar surface area (TPSA) is 60.3 Å². The Morgan fingerprint density at radius 1 is 1.12 bits per heavy atom. The maximum atomic E-state index is 8.89. The maximum Gasteiger partial charge on any atom is 0.115 e. The van der Waals surface area contributed by atoms with Crippen molar-refractivity contribution < 1.29 is 19.5 Å². The number of carbonyl (C=O) groups excluding carboxylic acids is 1. The third-order valence-electron chi connectivity index (χ3n) is 7.57. The number of fused-ring (bicyclic) bond motifs is 4. The third-order valence-corrected chi connectivity index (χ3v) is 7.57. The first-order valence-corrected chi connectivity index (χ1v) is 12.0. The molecule has 32 heavy (non-hydrogen) atoms.